The van der Waals surface area contributed by atoms with E-state index in [4.69, 9.17) is 18.9 Å². The van der Waals surface area contributed by atoms with Crippen molar-refractivity contribution in [2.75, 3.05) is 14.2 Å². The maximum atomic E-state index is 11.9. The molecule has 6 heteroatoms. The van der Waals surface area contributed by atoms with Crippen LogP contribution >= 0.6 is 0 Å². The van der Waals surface area contributed by atoms with Gasteiger partial charge in [-0.05, 0) is 30.5 Å². The fourth-order valence-electron chi connectivity index (χ4n) is 2.33. The van der Waals surface area contributed by atoms with Gasteiger partial charge in [0.2, 0.25) is 0 Å². The molecule has 1 saturated heterocycles. The van der Waals surface area contributed by atoms with Crippen LogP contribution in [0.1, 0.15) is 25.8 Å². The van der Waals surface area contributed by atoms with Crippen molar-refractivity contribution in [1.82, 2.24) is 0 Å². The van der Waals surface area contributed by atoms with Crippen LogP contribution in [0.25, 0.3) is 0 Å². The number of cyclic esters (lactones) is 2. The predicted octanol–water partition coefficient (Wildman–Crippen LogP) is 2.09. The lowest BCUT2D eigenvalue weighted by Gasteiger charge is -2.32. The first-order valence-corrected chi connectivity index (χ1v) is 7.03. The maximum absolute atomic E-state index is 11.9. The number of carbonyl (C=O) groups excluding carboxylic acids is 2. The zero-order chi connectivity index (χ0) is 16.3. The number of methoxy groups -OCH3 is 2. The van der Waals surface area contributed by atoms with Crippen molar-refractivity contribution >= 4 is 11.9 Å². The number of hydrogen-bond donors (Lipinski definition) is 0. The van der Waals surface area contributed by atoms with Crippen molar-refractivity contribution < 1.29 is 28.5 Å². The number of benzene rings is 1. The molecule has 1 fully saturated rings. The SMILES string of the molecule is COc1ccc(CCC2C(=O)OC(C)(C)OC2=O)cc1OC. The summed E-state index contributed by atoms with van der Waals surface area (Å²) in [4.78, 5) is 23.8. The van der Waals surface area contributed by atoms with Gasteiger partial charge >= 0.3 is 11.9 Å². The number of ether oxygens (including phenoxy) is 4. The molecule has 0 aromatic heterocycles. The van der Waals surface area contributed by atoms with Crippen LogP contribution in [-0.2, 0) is 25.5 Å². The van der Waals surface area contributed by atoms with Gasteiger partial charge in [-0.15, -0.1) is 0 Å². The number of carbonyl (C=O) groups is 2. The molecule has 0 N–H and O–H groups in total. The van der Waals surface area contributed by atoms with Gasteiger partial charge in [0.15, 0.2) is 17.4 Å². The normalized spacial score (nSPS) is 17.6. The summed E-state index contributed by atoms with van der Waals surface area (Å²) in [5.74, 6) is -1.92. The van der Waals surface area contributed by atoms with E-state index in [1.807, 2.05) is 12.1 Å². The van der Waals surface area contributed by atoms with E-state index in [0.29, 0.717) is 24.3 Å². The molecule has 0 radical (unpaired) electrons. The van der Waals surface area contributed by atoms with Crippen molar-refractivity contribution in [2.45, 2.75) is 32.5 Å². The van der Waals surface area contributed by atoms with Crippen LogP contribution in [-0.4, -0.2) is 31.9 Å². The molecule has 1 aromatic rings. The summed E-state index contributed by atoms with van der Waals surface area (Å²) in [5, 5.41) is 0. The molecule has 0 amide bonds. The number of rotatable bonds is 5. The van der Waals surface area contributed by atoms with Gasteiger partial charge < -0.3 is 18.9 Å². The Kier molecular flexibility index (Phi) is 4.59. The van der Waals surface area contributed by atoms with E-state index in [9.17, 15) is 9.59 Å². The summed E-state index contributed by atoms with van der Waals surface area (Å²) in [5.41, 5.74) is 0.933. The molecular formula is C16H20O6. The third kappa shape index (κ3) is 3.50. The smallest absolute Gasteiger partial charge is 0.323 e. The molecular weight excluding hydrogens is 288 g/mol. The monoisotopic (exact) mass is 308 g/mol. The Hall–Kier alpha value is -2.24. The number of aryl methyl sites for hydroxylation is 1. The quantitative estimate of drug-likeness (QED) is 0.613. The first-order chi connectivity index (χ1) is 10.4. The van der Waals surface area contributed by atoms with Gasteiger partial charge in [-0.25, -0.2) is 0 Å². The third-order valence-electron chi connectivity index (χ3n) is 3.43. The molecule has 22 heavy (non-hydrogen) atoms. The molecule has 1 aliphatic rings. The second-order valence-corrected chi connectivity index (χ2v) is 5.52. The zero-order valence-electron chi connectivity index (χ0n) is 13.2. The fourth-order valence-corrected chi connectivity index (χ4v) is 2.33. The van der Waals surface area contributed by atoms with Gasteiger partial charge in [-0.2, -0.15) is 0 Å². The first kappa shape index (κ1) is 16.1. The largest absolute Gasteiger partial charge is 0.493 e. The Morgan fingerprint density at radius 3 is 2.18 bits per heavy atom. The molecule has 0 saturated carbocycles. The van der Waals surface area contributed by atoms with Gasteiger partial charge in [0.25, 0.3) is 5.79 Å². The van der Waals surface area contributed by atoms with Crippen LogP contribution in [0.5, 0.6) is 11.5 Å². The standard InChI is InChI=1S/C16H20O6/c1-16(2)21-14(17)11(15(18)22-16)7-5-10-6-8-12(19-3)13(9-10)20-4/h6,8-9,11H,5,7H2,1-4H3. The minimum atomic E-state index is -1.19. The van der Waals surface area contributed by atoms with Crippen LogP contribution in [0.3, 0.4) is 0 Å². The Morgan fingerprint density at radius 1 is 1.05 bits per heavy atom. The van der Waals surface area contributed by atoms with E-state index < -0.39 is 23.6 Å². The summed E-state index contributed by atoms with van der Waals surface area (Å²) in [6.07, 6.45) is 0.846. The lowest BCUT2D eigenvalue weighted by Crippen LogP contribution is -2.46. The van der Waals surface area contributed by atoms with E-state index in [2.05, 4.69) is 0 Å². The molecule has 6 nitrogen and oxygen atoms in total. The minimum Gasteiger partial charge on any atom is -0.493 e. The van der Waals surface area contributed by atoms with Crippen LogP contribution in [0.15, 0.2) is 18.2 Å². The summed E-state index contributed by atoms with van der Waals surface area (Å²) < 4.78 is 20.6. The third-order valence-corrected chi connectivity index (χ3v) is 3.43. The van der Waals surface area contributed by atoms with Gasteiger partial charge in [-0.3, -0.25) is 9.59 Å². The van der Waals surface area contributed by atoms with Gasteiger partial charge in [0.05, 0.1) is 14.2 Å². The van der Waals surface area contributed by atoms with E-state index in [1.165, 1.54) is 13.8 Å². The van der Waals surface area contributed by atoms with Crippen LogP contribution in [0.4, 0.5) is 0 Å². The summed E-state index contributed by atoms with van der Waals surface area (Å²) >= 11 is 0. The topological polar surface area (TPSA) is 71.1 Å². The highest BCUT2D eigenvalue weighted by Crippen LogP contribution is 2.30. The molecule has 1 aliphatic heterocycles. The Morgan fingerprint density at radius 2 is 1.64 bits per heavy atom. The molecule has 120 valence electrons. The lowest BCUT2D eigenvalue weighted by atomic mass is 9.98. The van der Waals surface area contributed by atoms with Gasteiger partial charge in [0.1, 0.15) is 0 Å². The molecule has 0 spiro atoms. The molecule has 0 unspecified atom stereocenters. The Bertz CT molecular complexity index is 558. The van der Waals surface area contributed by atoms with E-state index >= 15 is 0 Å². The lowest BCUT2D eigenvalue weighted by molar-refractivity contribution is -0.240. The highest BCUT2D eigenvalue weighted by Gasteiger charge is 2.42. The highest BCUT2D eigenvalue weighted by molar-refractivity contribution is 5.96. The zero-order valence-corrected chi connectivity index (χ0v) is 13.2. The molecule has 2 rings (SSSR count). The van der Waals surface area contributed by atoms with Gasteiger partial charge in [0, 0.05) is 13.8 Å². The summed E-state index contributed by atoms with van der Waals surface area (Å²) in [6.45, 7) is 3.07. The second kappa shape index (κ2) is 6.25. The minimum absolute atomic E-state index is 0.323. The second-order valence-electron chi connectivity index (χ2n) is 5.52. The average Bonchev–Trinajstić information content (AvgIpc) is 2.44. The van der Waals surface area contributed by atoms with Crippen LogP contribution in [0, 0.1) is 5.92 Å². The van der Waals surface area contributed by atoms with Crippen molar-refractivity contribution in [3.05, 3.63) is 23.8 Å². The number of hydrogen-bond acceptors (Lipinski definition) is 6. The first-order valence-electron chi connectivity index (χ1n) is 7.03. The summed E-state index contributed by atoms with van der Waals surface area (Å²) in [6, 6.07) is 5.47. The van der Waals surface area contributed by atoms with Crippen LogP contribution in [0.2, 0.25) is 0 Å². The average molecular weight is 308 g/mol. The van der Waals surface area contributed by atoms with E-state index in [1.54, 1.807) is 20.3 Å². The summed E-state index contributed by atoms with van der Waals surface area (Å²) in [7, 11) is 3.12. The maximum Gasteiger partial charge on any atom is 0.323 e. The number of esters is 2. The Balaban J connectivity index is 2.04. The predicted molar refractivity (Wildman–Crippen MR) is 77.6 cm³/mol. The van der Waals surface area contributed by atoms with Crippen molar-refractivity contribution in [2.24, 2.45) is 5.92 Å². The van der Waals surface area contributed by atoms with E-state index in [-0.39, 0.29) is 0 Å². The Labute approximate surface area is 129 Å². The molecule has 0 bridgehead atoms. The van der Waals surface area contributed by atoms with Gasteiger partial charge in [-0.1, -0.05) is 6.07 Å². The molecule has 1 heterocycles. The molecule has 0 atom stereocenters. The van der Waals surface area contributed by atoms with Crippen molar-refractivity contribution in [1.29, 1.82) is 0 Å². The highest BCUT2D eigenvalue weighted by atomic mass is 16.7. The molecule has 1 aromatic carbocycles. The molecule has 0 aliphatic carbocycles. The fraction of sp³-hybridized carbons (Fsp3) is 0.500. The van der Waals surface area contributed by atoms with E-state index in [0.717, 1.165) is 5.56 Å². The van der Waals surface area contributed by atoms with Crippen molar-refractivity contribution in [3.63, 3.8) is 0 Å². The van der Waals surface area contributed by atoms with Crippen LogP contribution < -0.4 is 9.47 Å². The van der Waals surface area contributed by atoms with Crippen molar-refractivity contribution in [3.8, 4) is 11.5 Å².